The molecule has 0 radical (unpaired) electrons. The number of nitrogens with zero attached hydrogens (tertiary/aromatic N) is 2. The molecule has 1 aliphatic rings. The van der Waals surface area contributed by atoms with Crippen LogP contribution in [0.5, 0.6) is 0 Å². The zero-order valence-corrected chi connectivity index (χ0v) is 17.5. The van der Waals surface area contributed by atoms with E-state index in [0.717, 1.165) is 38.0 Å². The number of nitrogens with one attached hydrogen (secondary N) is 2. The molecule has 30 heavy (non-hydrogen) atoms. The van der Waals surface area contributed by atoms with E-state index in [1.807, 2.05) is 24.3 Å². The summed E-state index contributed by atoms with van der Waals surface area (Å²) in [4.78, 5) is 13.0. The quantitative estimate of drug-likeness (QED) is 0.626. The van der Waals surface area contributed by atoms with Crippen LogP contribution in [0.25, 0.3) is 5.69 Å². The van der Waals surface area contributed by atoms with Gasteiger partial charge in [0.25, 0.3) is 5.91 Å². The first-order chi connectivity index (χ1) is 14.2. The fourth-order valence-electron chi connectivity index (χ4n) is 3.89. The standard InChI is InChI=1S/C23H25FN4O.ClH/c24-19-7-4-8-20(15-19)28-22(18-10-12-25-13-11-18)21(16-27-28)23(29)26-14-9-17-5-2-1-3-6-17;/h1-8,15-16,18,25H,9-14H2,(H,26,29);1H. The van der Waals surface area contributed by atoms with Gasteiger partial charge in [0, 0.05) is 12.5 Å². The number of aromatic nitrogens is 2. The Balaban J connectivity index is 0.00000256. The molecule has 1 fully saturated rings. The number of amides is 1. The number of benzene rings is 2. The molecule has 2 aromatic carbocycles. The topological polar surface area (TPSA) is 59.0 Å². The SMILES string of the molecule is Cl.O=C(NCCc1ccccc1)c1cnn(-c2cccc(F)c2)c1C1CCNCC1. The van der Waals surface area contributed by atoms with Crippen molar-refractivity contribution in [2.45, 2.75) is 25.2 Å². The minimum Gasteiger partial charge on any atom is -0.352 e. The lowest BCUT2D eigenvalue weighted by Crippen LogP contribution is -2.31. The van der Waals surface area contributed by atoms with Gasteiger partial charge in [0.15, 0.2) is 0 Å². The molecule has 7 heteroatoms. The predicted molar refractivity (Wildman–Crippen MR) is 118 cm³/mol. The Bertz CT molecular complexity index is 970. The summed E-state index contributed by atoms with van der Waals surface area (Å²) in [6.07, 6.45) is 4.23. The summed E-state index contributed by atoms with van der Waals surface area (Å²) in [5, 5.41) is 10.8. The van der Waals surface area contributed by atoms with Gasteiger partial charge in [0.05, 0.1) is 23.1 Å². The first kappa shape index (κ1) is 22.0. The van der Waals surface area contributed by atoms with E-state index in [9.17, 15) is 9.18 Å². The first-order valence-corrected chi connectivity index (χ1v) is 10.1. The molecule has 1 saturated heterocycles. The summed E-state index contributed by atoms with van der Waals surface area (Å²) in [5.41, 5.74) is 3.27. The first-order valence-electron chi connectivity index (χ1n) is 10.1. The van der Waals surface area contributed by atoms with Crippen molar-refractivity contribution in [3.05, 3.63) is 83.4 Å². The highest BCUT2D eigenvalue weighted by molar-refractivity contribution is 5.95. The van der Waals surface area contributed by atoms with Gasteiger partial charge in [-0.15, -0.1) is 12.4 Å². The molecule has 4 rings (SSSR count). The second-order valence-electron chi connectivity index (χ2n) is 7.35. The molecule has 158 valence electrons. The smallest absolute Gasteiger partial charge is 0.254 e. The van der Waals surface area contributed by atoms with E-state index in [4.69, 9.17) is 0 Å². The number of rotatable bonds is 6. The van der Waals surface area contributed by atoms with E-state index in [-0.39, 0.29) is 30.0 Å². The Labute approximate surface area is 182 Å². The van der Waals surface area contributed by atoms with Gasteiger partial charge in [0.1, 0.15) is 5.82 Å². The lowest BCUT2D eigenvalue weighted by atomic mass is 9.91. The summed E-state index contributed by atoms with van der Waals surface area (Å²) in [5.74, 6) is -0.239. The minimum atomic E-state index is -0.317. The van der Waals surface area contributed by atoms with Crippen molar-refractivity contribution in [2.24, 2.45) is 0 Å². The van der Waals surface area contributed by atoms with Crippen LogP contribution in [0.1, 0.15) is 40.4 Å². The second kappa shape index (κ2) is 10.4. The van der Waals surface area contributed by atoms with Crippen molar-refractivity contribution in [3.63, 3.8) is 0 Å². The fourth-order valence-corrected chi connectivity index (χ4v) is 3.89. The molecule has 1 aromatic heterocycles. The Morgan fingerprint density at radius 3 is 2.63 bits per heavy atom. The molecule has 0 unspecified atom stereocenters. The molecule has 0 saturated carbocycles. The number of hydrogen-bond acceptors (Lipinski definition) is 3. The second-order valence-corrected chi connectivity index (χ2v) is 7.35. The average Bonchev–Trinajstić information content (AvgIpc) is 3.20. The van der Waals surface area contributed by atoms with E-state index in [1.54, 1.807) is 16.9 Å². The van der Waals surface area contributed by atoms with Crippen LogP contribution in [-0.4, -0.2) is 35.3 Å². The maximum atomic E-state index is 13.8. The molecule has 0 spiro atoms. The van der Waals surface area contributed by atoms with Crippen molar-refractivity contribution >= 4 is 18.3 Å². The van der Waals surface area contributed by atoms with Gasteiger partial charge < -0.3 is 10.6 Å². The normalized spacial score (nSPS) is 14.2. The van der Waals surface area contributed by atoms with Gasteiger partial charge in [-0.05, 0) is 56.1 Å². The lowest BCUT2D eigenvalue weighted by molar-refractivity contribution is 0.0952. The van der Waals surface area contributed by atoms with E-state index >= 15 is 0 Å². The average molecular weight is 429 g/mol. The molecule has 1 aliphatic heterocycles. The van der Waals surface area contributed by atoms with Gasteiger partial charge in [-0.25, -0.2) is 9.07 Å². The van der Waals surface area contributed by atoms with Gasteiger partial charge in [0.2, 0.25) is 0 Å². The molecule has 0 atom stereocenters. The Morgan fingerprint density at radius 1 is 1.13 bits per heavy atom. The van der Waals surface area contributed by atoms with Gasteiger partial charge in [-0.3, -0.25) is 4.79 Å². The highest BCUT2D eigenvalue weighted by Gasteiger charge is 2.27. The van der Waals surface area contributed by atoms with Crippen LogP contribution in [0.4, 0.5) is 4.39 Å². The summed E-state index contributed by atoms with van der Waals surface area (Å²) < 4.78 is 15.5. The molecule has 0 bridgehead atoms. The van der Waals surface area contributed by atoms with E-state index < -0.39 is 0 Å². The summed E-state index contributed by atoms with van der Waals surface area (Å²) in [6.45, 7) is 2.35. The van der Waals surface area contributed by atoms with E-state index in [0.29, 0.717) is 17.8 Å². The van der Waals surface area contributed by atoms with Crippen LogP contribution in [0, 0.1) is 5.82 Å². The van der Waals surface area contributed by atoms with Crippen LogP contribution < -0.4 is 10.6 Å². The van der Waals surface area contributed by atoms with Crippen molar-refractivity contribution in [2.75, 3.05) is 19.6 Å². The molecule has 0 aliphatic carbocycles. The third-order valence-corrected chi connectivity index (χ3v) is 5.37. The molecular formula is C23H26ClFN4O. The van der Waals surface area contributed by atoms with Gasteiger partial charge in [-0.1, -0.05) is 36.4 Å². The summed E-state index contributed by atoms with van der Waals surface area (Å²) >= 11 is 0. The monoisotopic (exact) mass is 428 g/mol. The Kier molecular flexibility index (Phi) is 7.60. The Morgan fingerprint density at radius 2 is 1.90 bits per heavy atom. The van der Waals surface area contributed by atoms with Crippen LogP contribution in [0.15, 0.2) is 60.8 Å². The Hall–Kier alpha value is -2.70. The third-order valence-electron chi connectivity index (χ3n) is 5.37. The van der Waals surface area contributed by atoms with Crippen molar-refractivity contribution < 1.29 is 9.18 Å². The zero-order chi connectivity index (χ0) is 20.1. The molecule has 3 aromatic rings. The van der Waals surface area contributed by atoms with Crippen molar-refractivity contribution in [1.29, 1.82) is 0 Å². The summed E-state index contributed by atoms with van der Waals surface area (Å²) in [6, 6.07) is 16.4. The van der Waals surface area contributed by atoms with Crippen LogP contribution in [0.3, 0.4) is 0 Å². The molecule has 1 amide bonds. The van der Waals surface area contributed by atoms with E-state index in [1.165, 1.54) is 17.7 Å². The fraction of sp³-hybridized carbons (Fsp3) is 0.304. The zero-order valence-electron chi connectivity index (χ0n) is 16.7. The van der Waals surface area contributed by atoms with E-state index in [2.05, 4.69) is 27.9 Å². The third kappa shape index (κ3) is 5.07. The number of piperidine rings is 1. The molecule has 2 heterocycles. The van der Waals surface area contributed by atoms with Gasteiger partial charge in [-0.2, -0.15) is 5.10 Å². The summed E-state index contributed by atoms with van der Waals surface area (Å²) in [7, 11) is 0. The van der Waals surface area contributed by atoms with Crippen molar-refractivity contribution in [3.8, 4) is 5.69 Å². The number of carbonyl (C=O) groups excluding carboxylic acids is 1. The molecule has 5 nitrogen and oxygen atoms in total. The largest absolute Gasteiger partial charge is 0.352 e. The number of carbonyl (C=O) groups is 1. The maximum Gasteiger partial charge on any atom is 0.254 e. The number of hydrogen-bond donors (Lipinski definition) is 2. The molecule has 2 N–H and O–H groups in total. The van der Waals surface area contributed by atoms with Crippen LogP contribution in [0.2, 0.25) is 0 Å². The van der Waals surface area contributed by atoms with Gasteiger partial charge >= 0.3 is 0 Å². The van der Waals surface area contributed by atoms with Crippen LogP contribution in [-0.2, 0) is 6.42 Å². The number of halogens is 2. The highest BCUT2D eigenvalue weighted by Crippen LogP contribution is 2.30. The molecular weight excluding hydrogens is 403 g/mol. The highest BCUT2D eigenvalue weighted by atomic mass is 35.5. The predicted octanol–water partition coefficient (Wildman–Crippen LogP) is 3.87. The lowest BCUT2D eigenvalue weighted by Gasteiger charge is -2.24. The van der Waals surface area contributed by atoms with Crippen molar-refractivity contribution in [1.82, 2.24) is 20.4 Å². The maximum absolute atomic E-state index is 13.8. The van der Waals surface area contributed by atoms with Crippen LogP contribution >= 0.6 is 12.4 Å². The minimum absolute atomic E-state index is 0.